The SMILES string of the molecule is Cc1ccc(S(=O)(=O)C[C@H](O)COc2ccc(Br)cc2)cc1. The van der Waals surface area contributed by atoms with Gasteiger partial charge in [0.15, 0.2) is 9.84 Å². The van der Waals surface area contributed by atoms with Crippen molar-refractivity contribution in [3.8, 4) is 5.75 Å². The molecule has 2 aromatic rings. The second kappa shape index (κ2) is 7.26. The molecule has 0 heterocycles. The number of halogens is 1. The molecule has 0 amide bonds. The van der Waals surface area contributed by atoms with Crippen LogP contribution in [0.3, 0.4) is 0 Å². The van der Waals surface area contributed by atoms with E-state index in [1.807, 2.05) is 19.1 Å². The first-order valence-electron chi connectivity index (χ1n) is 6.73. The minimum atomic E-state index is -3.52. The first-order valence-corrected chi connectivity index (χ1v) is 9.17. The van der Waals surface area contributed by atoms with Crippen molar-refractivity contribution in [3.05, 3.63) is 58.6 Å². The van der Waals surface area contributed by atoms with Gasteiger partial charge in [-0.1, -0.05) is 33.6 Å². The Morgan fingerprint density at radius 2 is 1.68 bits per heavy atom. The molecular weight excluding hydrogens is 368 g/mol. The van der Waals surface area contributed by atoms with Crippen LogP contribution in [-0.2, 0) is 9.84 Å². The number of ether oxygens (including phenoxy) is 1. The Morgan fingerprint density at radius 3 is 2.27 bits per heavy atom. The van der Waals surface area contributed by atoms with E-state index in [1.54, 1.807) is 36.4 Å². The average Bonchev–Trinajstić information content (AvgIpc) is 2.46. The third kappa shape index (κ3) is 4.83. The number of hydrogen-bond acceptors (Lipinski definition) is 4. The van der Waals surface area contributed by atoms with Gasteiger partial charge in [0.1, 0.15) is 18.5 Å². The summed E-state index contributed by atoms with van der Waals surface area (Å²) in [5, 5.41) is 9.90. The standard InChI is InChI=1S/C16H17BrO4S/c1-12-2-8-16(9-3-12)22(19,20)11-14(18)10-21-15-6-4-13(17)5-7-15/h2-9,14,18H,10-11H2,1H3/t14-/m1/s1. The minimum Gasteiger partial charge on any atom is -0.491 e. The van der Waals surface area contributed by atoms with Crippen LogP contribution in [0.15, 0.2) is 57.9 Å². The maximum absolute atomic E-state index is 12.2. The van der Waals surface area contributed by atoms with Crippen molar-refractivity contribution in [1.82, 2.24) is 0 Å². The van der Waals surface area contributed by atoms with Crippen molar-refractivity contribution >= 4 is 25.8 Å². The molecule has 0 aliphatic heterocycles. The van der Waals surface area contributed by atoms with Gasteiger partial charge in [-0.2, -0.15) is 0 Å². The van der Waals surface area contributed by atoms with Gasteiger partial charge in [0, 0.05) is 4.47 Å². The summed E-state index contributed by atoms with van der Waals surface area (Å²) in [7, 11) is -3.52. The van der Waals surface area contributed by atoms with E-state index in [0.717, 1.165) is 10.0 Å². The zero-order chi connectivity index (χ0) is 16.2. The summed E-state index contributed by atoms with van der Waals surface area (Å²) in [5.41, 5.74) is 0.984. The van der Waals surface area contributed by atoms with Crippen molar-refractivity contribution in [2.45, 2.75) is 17.9 Å². The molecule has 0 unspecified atom stereocenters. The van der Waals surface area contributed by atoms with E-state index in [-0.39, 0.29) is 17.3 Å². The lowest BCUT2D eigenvalue weighted by molar-refractivity contribution is 0.125. The predicted octanol–water partition coefficient (Wildman–Crippen LogP) is 2.97. The number of rotatable bonds is 6. The van der Waals surface area contributed by atoms with Crippen LogP contribution in [0.4, 0.5) is 0 Å². The topological polar surface area (TPSA) is 63.6 Å². The van der Waals surface area contributed by atoms with Gasteiger partial charge in [-0.3, -0.25) is 0 Å². The van der Waals surface area contributed by atoms with Crippen LogP contribution in [0.5, 0.6) is 5.75 Å². The predicted molar refractivity (Wildman–Crippen MR) is 88.9 cm³/mol. The molecule has 0 aromatic heterocycles. The molecule has 6 heteroatoms. The van der Waals surface area contributed by atoms with E-state index in [4.69, 9.17) is 4.74 Å². The zero-order valence-electron chi connectivity index (χ0n) is 12.1. The lowest BCUT2D eigenvalue weighted by Crippen LogP contribution is -2.27. The van der Waals surface area contributed by atoms with Crippen LogP contribution in [0.25, 0.3) is 0 Å². The van der Waals surface area contributed by atoms with Gasteiger partial charge in [-0.15, -0.1) is 0 Å². The van der Waals surface area contributed by atoms with Gasteiger partial charge in [0.2, 0.25) is 0 Å². The molecular formula is C16H17BrO4S. The van der Waals surface area contributed by atoms with Crippen LogP contribution < -0.4 is 4.74 Å². The monoisotopic (exact) mass is 384 g/mol. The second-order valence-corrected chi connectivity index (χ2v) is 7.96. The summed E-state index contributed by atoms with van der Waals surface area (Å²) in [6.07, 6.45) is -1.09. The number of sulfone groups is 1. The molecule has 0 bridgehead atoms. The maximum Gasteiger partial charge on any atom is 0.181 e. The molecule has 0 aliphatic carbocycles. The van der Waals surface area contributed by atoms with Crippen molar-refractivity contribution < 1.29 is 18.3 Å². The van der Waals surface area contributed by atoms with Gasteiger partial charge in [-0.05, 0) is 43.3 Å². The van der Waals surface area contributed by atoms with E-state index in [0.29, 0.717) is 5.75 Å². The summed E-state index contributed by atoms with van der Waals surface area (Å²) < 4.78 is 30.7. The first-order chi connectivity index (χ1) is 10.4. The van der Waals surface area contributed by atoms with Gasteiger partial charge < -0.3 is 9.84 Å². The lowest BCUT2D eigenvalue weighted by atomic mass is 10.2. The Kier molecular flexibility index (Phi) is 5.61. The fraction of sp³-hybridized carbons (Fsp3) is 0.250. The van der Waals surface area contributed by atoms with E-state index in [9.17, 15) is 13.5 Å². The summed E-state index contributed by atoms with van der Waals surface area (Å²) in [6.45, 7) is 1.81. The summed E-state index contributed by atoms with van der Waals surface area (Å²) in [6, 6.07) is 13.7. The quantitative estimate of drug-likeness (QED) is 0.831. The largest absolute Gasteiger partial charge is 0.491 e. The first kappa shape index (κ1) is 17.0. The molecule has 2 rings (SSSR count). The molecule has 0 saturated carbocycles. The van der Waals surface area contributed by atoms with Gasteiger partial charge in [-0.25, -0.2) is 8.42 Å². The Labute approximate surface area is 138 Å². The van der Waals surface area contributed by atoms with Crippen molar-refractivity contribution in [2.75, 3.05) is 12.4 Å². The van der Waals surface area contributed by atoms with Crippen molar-refractivity contribution in [1.29, 1.82) is 0 Å². The van der Waals surface area contributed by atoms with Crippen LogP contribution in [0.2, 0.25) is 0 Å². The summed E-state index contributed by atoms with van der Waals surface area (Å²) in [4.78, 5) is 0.209. The molecule has 0 aliphatic rings. The minimum absolute atomic E-state index is 0.0767. The Hall–Kier alpha value is -1.37. The Bertz CT molecular complexity index is 709. The highest BCUT2D eigenvalue weighted by molar-refractivity contribution is 9.10. The number of aliphatic hydroxyl groups is 1. The van der Waals surface area contributed by atoms with Gasteiger partial charge in [0.05, 0.1) is 10.6 Å². The molecule has 118 valence electrons. The molecule has 22 heavy (non-hydrogen) atoms. The third-order valence-corrected chi connectivity index (χ3v) is 5.39. The van der Waals surface area contributed by atoms with Crippen molar-refractivity contribution in [2.24, 2.45) is 0 Å². The van der Waals surface area contributed by atoms with E-state index >= 15 is 0 Å². The molecule has 2 aromatic carbocycles. The van der Waals surface area contributed by atoms with Gasteiger partial charge in [0.25, 0.3) is 0 Å². The zero-order valence-corrected chi connectivity index (χ0v) is 14.5. The number of aryl methyl sites for hydroxylation is 1. The second-order valence-electron chi connectivity index (χ2n) is 5.01. The van der Waals surface area contributed by atoms with Crippen LogP contribution in [0, 0.1) is 6.92 Å². The van der Waals surface area contributed by atoms with Crippen LogP contribution in [-0.4, -0.2) is 32.0 Å². The molecule has 0 saturated heterocycles. The Balaban J connectivity index is 1.94. The molecule has 1 atom stereocenters. The molecule has 0 spiro atoms. The number of hydrogen-bond donors (Lipinski definition) is 1. The highest BCUT2D eigenvalue weighted by atomic mass is 79.9. The fourth-order valence-electron chi connectivity index (χ4n) is 1.87. The van der Waals surface area contributed by atoms with Crippen molar-refractivity contribution in [3.63, 3.8) is 0 Å². The molecule has 0 fully saturated rings. The Morgan fingerprint density at radius 1 is 1.09 bits per heavy atom. The summed E-state index contributed by atoms with van der Waals surface area (Å²) in [5.74, 6) is 0.210. The normalized spacial score (nSPS) is 12.9. The highest BCUT2D eigenvalue weighted by Crippen LogP contribution is 2.17. The lowest BCUT2D eigenvalue weighted by Gasteiger charge is -2.13. The van der Waals surface area contributed by atoms with Gasteiger partial charge >= 0.3 is 0 Å². The molecule has 1 N–H and O–H groups in total. The molecule has 4 nitrogen and oxygen atoms in total. The number of aliphatic hydroxyl groups excluding tert-OH is 1. The molecule has 0 radical (unpaired) electrons. The third-order valence-electron chi connectivity index (χ3n) is 3.05. The average molecular weight is 385 g/mol. The van der Waals surface area contributed by atoms with Crippen LogP contribution in [0.1, 0.15) is 5.56 Å². The smallest absolute Gasteiger partial charge is 0.181 e. The van der Waals surface area contributed by atoms with E-state index in [2.05, 4.69) is 15.9 Å². The van der Waals surface area contributed by atoms with E-state index in [1.165, 1.54) is 0 Å². The van der Waals surface area contributed by atoms with Crippen LogP contribution >= 0.6 is 15.9 Å². The highest BCUT2D eigenvalue weighted by Gasteiger charge is 2.20. The summed E-state index contributed by atoms with van der Waals surface area (Å²) >= 11 is 3.31. The fourth-order valence-corrected chi connectivity index (χ4v) is 3.48. The number of benzene rings is 2. The van der Waals surface area contributed by atoms with E-state index < -0.39 is 15.9 Å². The maximum atomic E-state index is 12.2.